The van der Waals surface area contributed by atoms with Crippen LogP contribution in [0.3, 0.4) is 0 Å². The summed E-state index contributed by atoms with van der Waals surface area (Å²) in [6.07, 6.45) is 0. The number of hydrogen-bond acceptors (Lipinski definition) is 5. The number of anilines is 1. The van der Waals surface area contributed by atoms with Crippen molar-refractivity contribution in [3.63, 3.8) is 0 Å². The van der Waals surface area contributed by atoms with E-state index in [1.807, 2.05) is 18.2 Å². The van der Waals surface area contributed by atoms with Crippen LogP contribution in [0.1, 0.15) is 0 Å². The Balaban J connectivity index is 2.06. The topological polar surface area (TPSA) is 78.9 Å². The second kappa shape index (κ2) is 5.41. The number of nitrogens with two attached hydrogens (primary N) is 1. The predicted octanol–water partition coefficient (Wildman–Crippen LogP) is 2.57. The van der Waals surface area contributed by atoms with Crippen molar-refractivity contribution in [2.75, 3.05) is 12.8 Å². The average Bonchev–Trinajstić information content (AvgIpc) is 2.97. The molecular weight excluding hydrogens is 290 g/mol. The van der Waals surface area contributed by atoms with E-state index < -0.39 is 0 Å². The van der Waals surface area contributed by atoms with Crippen LogP contribution in [0.15, 0.2) is 42.5 Å². The maximum Gasteiger partial charge on any atom is 0.187 e. The van der Waals surface area contributed by atoms with E-state index >= 15 is 0 Å². The molecule has 0 radical (unpaired) electrons. The van der Waals surface area contributed by atoms with Crippen molar-refractivity contribution in [2.45, 2.75) is 0 Å². The van der Waals surface area contributed by atoms with Gasteiger partial charge in [-0.1, -0.05) is 11.6 Å². The Hall–Kier alpha value is -2.60. The second-order valence-electron chi connectivity index (χ2n) is 4.35. The highest BCUT2D eigenvalue weighted by Crippen LogP contribution is 2.28. The van der Waals surface area contributed by atoms with E-state index in [2.05, 4.69) is 15.5 Å². The molecule has 6 nitrogen and oxygen atoms in total. The zero-order valence-electron chi connectivity index (χ0n) is 11.2. The van der Waals surface area contributed by atoms with E-state index in [0.717, 1.165) is 11.3 Å². The highest BCUT2D eigenvalue weighted by Gasteiger charge is 2.12. The van der Waals surface area contributed by atoms with Crippen LogP contribution in [0.2, 0.25) is 5.02 Å². The Morgan fingerprint density at radius 2 is 1.90 bits per heavy atom. The molecule has 1 heterocycles. The summed E-state index contributed by atoms with van der Waals surface area (Å²) in [7, 11) is 1.57. The van der Waals surface area contributed by atoms with E-state index in [9.17, 15) is 0 Å². The number of hydrogen-bond donors (Lipinski definition) is 1. The lowest BCUT2D eigenvalue weighted by Crippen LogP contribution is -2.00. The molecule has 0 saturated heterocycles. The fraction of sp³-hybridized carbons (Fsp3) is 0.0714. The van der Waals surface area contributed by atoms with Gasteiger partial charge in [0, 0.05) is 10.6 Å². The lowest BCUT2D eigenvalue weighted by molar-refractivity contribution is 0.417. The molecule has 0 fully saturated rings. The molecule has 0 aliphatic carbocycles. The molecule has 0 spiro atoms. The van der Waals surface area contributed by atoms with Gasteiger partial charge in [-0.2, -0.15) is 4.68 Å². The average molecular weight is 302 g/mol. The van der Waals surface area contributed by atoms with Crippen molar-refractivity contribution in [3.8, 4) is 22.8 Å². The summed E-state index contributed by atoms with van der Waals surface area (Å²) in [5.74, 6) is 1.20. The molecule has 1 aromatic heterocycles. The molecular formula is C14H12ClN5O. The van der Waals surface area contributed by atoms with Crippen LogP contribution in [0.4, 0.5) is 5.69 Å². The summed E-state index contributed by atoms with van der Waals surface area (Å²) >= 11 is 5.89. The molecule has 0 atom stereocenters. The predicted molar refractivity (Wildman–Crippen MR) is 80.6 cm³/mol. The fourth-order valence-electron chi connectivity index (χ4n) is 2.00. The number of halogens is 1. The third-order valence-corrected chi connectivity index (χ3v) is 3.28. The number of rotatable bonds is 3. The van der Waals surface area contributed by atoms with Crippen LogP contribution in [-0.2, 0) is 0 Å². The molecule has 21 heavy (non-hydrogen) atoms. The van der Waals surface area contributed by atoms with Gasteiger partial charge < -0.3 is 10.5 Å². The molecule has 106 valence electrons. The first-order valence-corrected chi connectivity index (χ1v) is 6.55. The van der Waals surface area contributed by atoms with Gasteiger partial charge in [-0.3, -0.25) is 0 Å². The standard InChI is InChI=1S/C14H12ClN5O/c1-21-13-7-2-9(8-12(13)16)14-17-18-19-20(14)11-5-3-10(15)4-6-11/h2-8H,16H2,1H3. The normalized spacial score (nSPS) is 10.6. The number of benzene rings is 2. The molecule has 0 unspecified atom stereocenters. The van der Waals surface area contributed by atoms with E-state index in [-0.39, 0.29) is 0 Å². The van der Waals surface area contributed by atoms with Gasteiger partial charge in [-0.05, 0) is 52.9 Å². The monoisotopic (exact) mass is 301 g/mol. The molecule has 0 bridgehead atoms. The summed E-state index contributed by atoms with van der Waals surface area (Å²) in [6, 6.07) is 12.7. The van der Waals surface area contributed by atoms with Gasteiger partial charge in [0.1, 0.15) is 5.75 Å². The Kier molecular flexibility index (Phi) is 3.45. The van der Waals surface area contributed by atoms with Gasteiger partial charge in [0.2, 0.25) is 0 Å². The van der Waals surface area contributed by atoms with Crippen LogP contribution in [-0.4, -0.2) is 27.3 Å². The number of ether oxygens (including phenoxy) is 1. The third kappa shape index (κ3) is 2.53. The largest absolute Gasteiger partial charge is 0.495 e. The molecule has 2 N–H and O–H groups in total. The molecule has 3 rings (SSSR count). The van der Waals surface area contributed by atoms with E-state index in [4.69, 9.17) is 22.1 Å². The number of nitrogens with zero attached hydrogens (tertiary/aromatic N) is 4. The van der Waals surface area contributed by atoms with Crippen molar-refractivity contribution in [3.05, 3.63) is 47.5 Å². The molecule has 0 aliphatic heterocycles. The number of nitrogen functional groups attached to an aromatic ring is 1. The minimum absolute atomic E-state index is 0.528. The summed E-state index contributed by atoms with van der Waals surface area (Å²) < 4.78 is 6.77. The minimum atomic E-state index is 0.528. The number of aromatic nitrogens is 4. The Labute approximate surface area is 126 Å². The van der Waals surface area contributed by atoms with Crippen LogP contribution in [0.5, 0.6) is 5.75 Å². The van der Waals surface area contributed by atoms with Crippen molar-refractivity contribution in [1.82, 2.24) is 20.2 Å². The quantitative estimate of drug-likeness (QED) is 0.752. The van der Waals surface area contributed by atoms with Crippen LogP contribution < -0.4 is 10.5 Å². The SMILES string of the molecule is COc1ccc(-c2nnnn2-c2ccc(Cl)cc2)cc1N. The first-order chi connectivity index (χ1) is 10.2. The smallest absolute Gasteiger partial charge is 0.187 e. The summed E-state index contributed by atoms with van der Waals surface area (Å²) in [5, 5.41) is 12.4. The summed E-state index contributed by atoms with van der Waals surface area (Å²) in [5.41, 5.74) is 8.07. The van der Waals surface area contributed by atoms with Crippen molar-refractivity contribution >= 4 is 17.3 Å². The van der Waals surface area contributed by atoms with E-state index in [0.29, 0.717) is 22.3 Å². The van der Waals surface area contributed by atoms with Gasteiger partial charge >= 0.3 is 0 Å². The second-order valence-corrected chi connectivity index (χ2v) is 4.78. The molecule has 2 aromatic carbocycles. The van der Waals surface area contributed by atoms with Crippen molar-refractivity contribution in [2.24, 2.45) is 0 Å². The lowest BCUT2D eigenvalue weighted by atomic mass is 10.1. The van der Waals surface area contributed by atoms with Gasteiger partial charge in [0.25, 0.3) is 0 Å². The van der Waals surface area contributed by atoms with Crippen LogP contribution in [0, 0.1) is 0 Å². The maximum atomic E-state index is 5.93. The van der Waals surface area contributed by atoms with Gasteiger partial charge in [0.05, 0.1) is 18.5 Å². The first-order valence-electron chi connectivity index (χ1n) is 6.17. The van der Waals surface area contributed by atoms with Gasteiger partial charge in [-0.15, -0.1) is 5.10 Å². The van der Waals surface area contributed by atoms with Gasteiger partial charge in [-0.25, -0.2) is 0 Å². The molecule has 7 heteroatoms. The number of methoxy groups -OCH3 is 1. The van der Waals surface area contributed by atoms with Crippen LogP contribution in [0.25, 0.3) is 17.1 Å². The van der Waals surface area contributed by atoms with Gasteiger partial charge in [0.15, 0.2) is 5.82 Å². The minimum Gasteiger partial charge on any atom is -0.495 e. The summed E-state index contributed by atoms with van der Waals surface area (Å²) in [4.78, 5) is 0. The van der Waals surface area contributed by atoms with E-state index in [1.54, 1.807) is 36.1 Å². The highest BCUT2D eigenvalue weighted by molar-refractivity contribution is 6.30. The Morgan fingerprint density at radius 1 is 1.14 bits per heavy atom. The third-order valence-electron chi connectivity index (χ3n) is 3.03. The molecule has 0 amide bonds. The Bertz CT molecular complexity index is 769. The molecule has 0 saturated carbocycles. The highest BCUT2D eigenvalue weighted by atomic mass is 35.5. The van der Waals surface area contributed by atoms with Crippen molar-refractivity contribution < 1.29 is 4.74 Å². The Morgan fingerprint density at radius 3 is 2.57 bits per heavy atom. The number of tetrazole rings is 1. The molecule has 3 aromatic rings. The zero-order chi connectivity index (χ0) is 14.8. The van der Waals surface area contributed by atoms with Crippen LogP contribution >= 0.6 is 11.6 Å². The van der Waals surface area contributed by atoms with Crippen molar-refractivity contribution in [1.29, 1.82) is 0 Å². The molecule has 0 aliphatic rings. The maximum absolute atomic E-state index is 5.93. The summed E-state index contributed by atoms with van der Waals surface area (Å²) in [6.45, 7) is 0. The fourth-order valence-corrected chi connectivity index (χ4v) is 2.12. The van der Waals surface area contributed by atoms with E-state index in [1.165, 1.54) is 0 Å². The zero-order valence-corrected chi connectivity index (χ0v) is 11.9. The first kappa shape index (κ1) is 13.4. The lowest BCUT2D eigenvalue weighted by Gasteiger charge is -2.08.